The third-order valence-corrected chi connectivity index (χ3v) is 8.82. The molecular weight excluding hydrogens is 393 g/mol. The van der Waals surface area contributed by atoms with Gasteiger partial charge < -0.3 is 14.0 Å². The highest BCUT2D eigenvalue weighted by Gasteiger charge is 2.48. The van der Waals surface area contributed by atoms with Gasteiger partial charge in [0.25, 0.3) is 0 Å². The van der Waals surface area contributed by atoms with Crippen molar-refractivity contribution in [2.75, 3.05) is 18.7 Å². The summed E-state index contributed by atoms with van der Waals surface area (Å²) in [6.07, 6.45) is 0. The van der Waals surface area contributed by atoms with Crippen LogP contribution in [0, 0.1) is 5.92 Å². The standard InChI is InChI=1S/C21H30NO4PS/c1-6-25-20(23)21(5,26-7-2)19(15(3)4)27(24)14-28-18-13-12-16-10-8-9-11-17(16)22-18/h8-13,15,19,27H,6-7,14H2,1-5H3. The molecule has 0 saturated heterocycles. The van der Waals surface area contributed by atoms with Gasteiger partial charge in [0, 0.05) is 12.0 Å². The number of para-hydroxylation sites is 1. The van der Waals surface area contributed by atoms with Crippen molar-refractivity contribution < 1.29 is 18.8 Å². The summed E-state index contributed by atoms with van der Waals surface area (Å²) in [5.41, 5.74) is -0.310. The van der Waals surface area contributed by atoms with Crippen molar-refractivity contribution in [2.24, 2.45) is 5.92 Å². The van der Waals surface area contributed by atoms with Crippen LogP contribution in [0.2, 0.25) is 0 Å². The van der Waals surface area contributed by atoms with Gasteiger partial charge in [0.05, 0.1) is 36.1 Å². The zero-order valence-corrected chi connectivity index (χ0v) is 19.0. The molecule has 0 aliphatic rings. The summed E-state index contributed by atoms with van der Waals surface area (Å²) in [5.74, 6) is -0.430. The molecule has 28 heavy (non-hydrogen) atoms. The van der Waals surface area contributed by atoms with Crippen molar-refractivity contribution in [3.05, 3.63) is 36.4 Å². The number of benzene rings is 1. The quantitative estimate of drug-likeness (QED) is 0.296. The van der Waals surface area contributed by atoms with Gasteiger partial charge in [-0.3, -0.25) is 0 Å². The maximum absolute atomic E-state index is 13.3. The van der Waals surface area contributed by atoms with E-state index in [1.165, 1.54) is 11.8 Å². The van der Waals surface area contributed by atoms with Gasteiger partial charge >= 0.3 is 5.97 Å². The molecule has 0 saturated carbocycles. The van der Waals surface area contributed by atoms with Gasteiger partial charge in [-0.1, -0.05) is 49.9 Å². The fourth-order valence-corrected chi connectivity index (χ4v) is 7.29. The lowest BCUT2D eigenvalue weighted by atomic mass is 9.93. The van der Waals surface area contributed by atoms with E-state index >= 15 is 0 Å². The number of hydrogen-bond donors (Lipinski definition) is 0. The highest BCUT2D eigenvalue weighted by Crippen LogP contribution is 2.46. The average Bonchev–Trinajstić information content (AvgIpc) is 2.66. The predicted molar refractivity (Wildman–Crippen MR) is 117 cm³/mol. The Morgan fingerprint density at radius 1 is 1.18 bits per heavy atom. The van der Waals surface area contributed by atoms with E-state index in [9.17, 15) is 9.36 Å². The minimum absolute atomic E-state index is 0.0116. The van der Waals surface area contributed by atoms with E-state index in [1.54, 1.807) is 13.8 Å². The van der Waals surface area contributed by atoms with E-state index in [0.717, 1.165) is 15.9 Å². The van der Waals surface area contributed by atoms with Crippen LogP contribution < -0.4 is 0 Å². The summed E-state index contributed by atoms with van der Waals surface area (Å²) in [6, 6.07) is 11.9. The number of ether oxygens (including phenoxy) is 2. The van der Waals surface area contributed by atoms with Crippen molar-refractivity contribution in [1.29, 1.82) is 0 Å². The Hall–Kier alpha value is -1.36. The second-order valence-electron chi connectivity index (χ2n) is 7.08. The fourth-order valence-electron chi connectivity index (χ4n) is 3.53. The summed E-state index contributed by atoms with van der Waals surface area (Å²) in [6.45, 7) is 9.88. The molecule has 0 aliphatic heterocycles. The molecule has 0 N–H and O–H groups in total. The van der Waals surface area contributed by atoms with Gasteiger partial charge in [0.2, 0.25) is 0 Å². The Bertz CT molecular complexity index is 829. The Balaban J connectivity index is 2.19. The number of hydrogen-bond acceptors (Lipinski definition) is 6. The third kappa shape index (κ3) is 5.37. The number of fused-ring (bicyclic) bond motifs is 1. The van der Waals surface area contributed by atoms with Gasteiger partial charge in [0.15, 0.2) is 5.60 Å². The number of carbonyl (C=O) groups is 1. The number of pyridine rings is 1. The molecule has 1 aromatic carbocycles. The second-order valence-corrected chi connectivity index (χ2v) is 10.5. The molecule has 0 aliphatic carbocycles. The van der Waals surface area contributed by atoms with E-state index < -0.39 is 25.0 Å². The predicted octanol–water partition coefficient (Wildman–Crippen LogP) is 5.23. The molecule has 7 heteroatoms. The van der Waals surface area contributed by atoms with Gasteiger partial charge in [-0.25, -0.2) is 9.78 Å². The van der Waals surface area contributed by atoms with Crippen LogP contribution >= 0.6 is 19.6 Å². The molecule has 5 nitrogen and oxygen atoms in total. The lowest BCUT2D eigenvalue weighted by Gasteiger charge is -2.37. The molecule has 0 spiro atoms. The molecule has 0 amide bonds. The van der Waals surface area contributed by atoms with Crippen LogP contribution in [0.1, 0.15) is 34.6 Å². The first kappa shape index (κ1) is 22.9. The lowest BCUT2D eigenvalue weighted by molar-refractivity contribution is -0.170. The van der Waals surface area contributed by atoms with E-state index in [1.807, 2.05) is 57.2 Å². The molecule has 0 radical (unpaired) electrons. The van der Waals surface area contributed by atoms with Crippen LogP contribution in [0.3, 0.4) is 0 Å². The Morgan fingerprint density at radius 2 is 1.89 bits per heavy atom. The van der Waals surface area contributed by atoms with Crippen molar-refractivity contribution >= 4 is 36.4 Å². The van der Waals surface area contributed by atoms with Crippen LogP contribution in [0.4, 0.5) is 0 Å². The van der Waals surface area contributed by atoms with Gasteiger partial charge in [-0.05, 0) is 38.8 Å². The monoisotopic (exact) mass is 423 g/mol. The molecule has 3 unspecified atom stereocenters. The maximum atomic E-state index is 13.3. The van der Waals surface area contributed by atoms with Gasteiger partial charge in [-0.2, -0.15) is 0 Å². The van der Waals surface area contributed by atoms with E-state index in [0.29, 0.717) is 12.1 Å². The molecular formula is C21H30NO4PS. The van der Waals surface area contributed by atoms with Crippen LogP contribution in [0.25, 0.3) is 10.9 Å². The first-order chi connectivity index (χ1) is 13.3. The highest BCUT2D eigenvalue weighted by molar-refractivity contribution is 8.03. The van der Waals surface area contributed by atoms with Crippen molar-refractivity contribution in [1.82, 2.24) is 4.98 Å². The smallest absolute Gasteiger partial charge is 0.338 e. The molecule has 2 rings (SSSR count). The van der Waals surface area contributed by atoms with E-state index in [4.69, 9.17) is 9.47 Å². The number of esters is 1. The molecule has 1 heterocycles. The minimum Gasteiger partial charge on any atom is -0.464 e. The Kier molecular flexibility index (Phi) is 8.54. The number of rotatable bonds is 10. The first-order valence-corrected chi connectivity index (χ1v) is 12.3. The summed E-state index contributed by atoms with van der Waals surface area (Å²) in [5, 5.41) is 1.90. The zero-order chi connectivity index (χ0) is 20.7. The summed E-state index contributed by atoms with van der Waals surface area (Å²) < 4.78 is 24.4. The van der Waals surface area contributed by atoms with Gasteiger partial charge in [0.1, 0.15) is 0 Å². The summed E-state index contributed by atoms with van der Waals surface area (Å²) in [7, 11) is -2.17. The van der Waals surface area contributed by atoms with Crippen LogP contribution in [0.5, 0.6) is 0 Å². The van der Waals surface area contributed by atoms with Gasteiger partial charge in [-0.15, -0.1) is 0 Å². The molecule has 154 valence electrons. The largest absolute Gasteiger partial charge is 0.464 e. The molecule has 1 aromatic heterocycles. The third-order valence-electron chi connectivity index (χ3n) is 4.67. The molecule has 3 atom stereocenters. The summed E-state index contributed by atoms with van der Waals surface area (Å²) in [4.78, 5) is 17.3. The normalized spacial score (nSPS) is 15.9. The lowest BCUT2D eigenvalue weighted by Crippen LogP contribution is -2.51. The van der Waals surface area contributed by atoms with Crippen molar-refractivity contribution in [3.8, 4) is 0 Å². The number of thioether (sulfide) groups is 1. The zero-order valence-electron chi connectivity index (χ0n) is 17.2. The number of nitrogens with zero attached hydrogens (tertiary/aromatic N) is 1. The van der Waals surface area contributed by atoms with Crippen molar-refractivity contribution in [3.63, 3.8) is 0 Å². The molecule has 0 fully saturated rings. The SMILES string of the molecule is CCOC(=O)C(C)(OCC)C(C(C)C)[PH](=O)CSc1ccc2ccccc2n1. The Morgan fingerprint density at radius 3 is 2.54 bits per heavy atom. The van der Waals surface area contributed by atoms with Crippen LogP contribution in [0.15, 0.2) is 41.4 Å². The second kappa shape index (κ2) is 10.4. The van der Waals surface area contributed by atoms with Crippen molar-refractivity contribution in [2.45, 2.75) is 50.9 Å². The van der Waals surface area contributed by atoms with Crippen LogP contribution in [-0.2, 0) is 18.8 Å². The summed E-state index contributed by atoms with van der Waals surface area (Å²) >= 11 is 1.46. The fraction of sp³-hybridized carbons (Fsp3) is 0.524. The van der Waals surface area contributed by atoms with E-state index in [-0.39, 0.29) is 12.5 Å². The number of carbonyl (C=O) groups excluding carboxylic acids is 1. The highest BCUT2D eigenvalue weighted by atomic mass is 32.2. The topological polar surface area (TPSA) is 65.5 Å². The number of aromatic nitrogens is 1. The molecule has 0 bridgehead atoms. The minimum atomic E-state index is -2.17. The van der Waals surface area contributed by atoms with Crippen LogP contribution in [-0.4, -0.2) is 40.9 Å². The Labute approximate surface area is 172 Å². The maximum Gasteiger partial charge on any atom is 0.338 e. The average molecular weight is 424 g/mol. The first-order valence-electron chi connectivity index (χ1n) is 9.66. The molecule has 2 aromatic rings. The van der Waals surface area contributed by atoms with E-state index in [2.05, 4.69) is 4.98 Å².